The molecule has 10 nitrogen and oxygen atoms in total. The van der Waals surface area contributed by atoms with Crippen LogP contribution >= 0.6 is 0 Å². The molecular formula is C29H36N2O8. The zero-order valence-electron chi connectivity index (χ0n) is 22.1. The first kappa shape index (κ1) is 28.8. The third-order valence-electron chi connectivity index (χ3n) is 6.62. The first-order valence-corrected chi connectivity index (χ1v) is 13.0. The Balaban J connectivity index is 1.25. The Bertz CT molecular complexity index is 1240. The van der Waals surface area contributed by atoms with E-state index in [4.69, 9.17) is 14.2 Å². The van der Waals surface area contributed by atoms with Crippen molar-refractivity contribution in [2.75, 3.05) is 31.2 Å². The van der Waals surface area contributed by atoms with Gasteiger partial charge in [0.05, 0.1) is 30.7 Å². The van der Waals surface area contributed by atoms with Crippen molar-refractivity contribution in [3.05, 3.63) is 66.2 Å². The summed E-state index contributed by atoms with van der Waals surface area (Å²) in [5.74, 6) is 0.694. The zero-order chi connectivity index (χ0) is 27.9. The number of carbonyl (C=O) groups is 1. The van der Waals surface area contributed by atoms with Gasteiger partial charge in [-0.25, -0.2) is 9.69 Å². The van der Waals surface area contributed by atoms with Crippen LogP contribution in [0.15, 0.2) is 60.7 Å². The number of aryl methyl sites for hydroxylation is 1. The Hall–Kier alpha value is -3.25. The minimum Gasteiger partial charge on any atom is -0.494 e. The van der Waals surface area contributed by atoms with E-state index in [1.807, 2.05) is 49.4 Å². The molecule has 1 unspecified atom stereocenters. The molecular weight excluding hydrogens is 504 g/mol. The number of anilines is 2. The van der Waals surface area contributed by atoms with Crippen LogP contribution in [0.2, 0.25) is 0 Å². The van der Waals surface area contributed by atoms with Crippen molar-refractivity contribution in [3.63, 3.8) is 0 Å². The van der Waals surface area contributed by atoms with Crippen LogP contribution in [0, 0.1) is 6.92 Å². The maximum Gasteiger partial charge on any atom is 0.416 e. The predicted octanol–water partition coefficient (Wildman–Crippen LogP) is 3.17. The Morgan fingerprint density at radius 2 is 1.77 bits per heavy atom. The third kappa shape index (κ3) is 7.45. The van der Waals surface area contributed by atoms with Crippen LogP contribution < -0.4 is 15.0 Å². The molecule has 0 aliphatic carbocycles. The number of rotatable bonds is 11. The second-order valence-electron chi connectivity index (χ2n) is 9.68. The predicted molar refractivity (Wildman–Crippen MR) is 147 cm³/mol. The van der Waals surface area contributed by atoms with Crippen LogP contribution in [0.1, 0.15) is 18.9 Å². The molecule has 0 aromatic heterocycles. The van der Waals surface area contributed by atoms with Crippen molar-refractivity contribution in [3.8, 4) is 5.75 Å². The van der Waals surface area contributed by atoms with E-state index in [9.17, 15) is 25.2 Å². The fourth-order valence-electron chi connectivity index (χ4n) is 4.47. The summed E-state index contributed by atoms with van der Waals surface area (Å²) in [5, 5.41) is 45.2. The highest BCUT2D eigenvalue weighted by Crippen LogP contribution is 2.30. The quantitative estimate of drug-likeness (QED) is 0.232. The molecule has 0 radical (unpaired) electrons. The lowest BCUT2D eigenvalue weighted by molar-refractivity contribution is -0.271. The number of nitrogens with one attached hydrogen (secondary N) is 1. The number of hydrogen-bond donors (Lipinski definition) is 5. The SMILES string of the molecule is Cc1ccc(N(C(=O)O)c2ccc3cc(OCCCNC[C@H](O)[C@@H](O)[C@@H]4OC(C)OC[C@H]4O)ccc3c2)cc1. The van der Waals surface area contributed by atoms with Crippen molar-refractivity contribution >= 4 is 28.2 Å². The summed E-state index contributed by atoms with van der Waals surface area (Å²) in [6, 6.07) is 18.5. The summed E-state index contributed by atoms with van der Waals surface area (Å²) < 4.78 is 16.4. The molecule has 3 aromatic carbocycles. The highest BCUT2D eigenvalue weighted by molar-refractivity contribution is 5.98. The van der Waals surface area contributed by atoms with E-state index in [-0.39, 0.29) is 13.2 Å². The maximum absolute atomic E-state index is 12.0. The maximum atomic E-state index is 12.0. The number of aliphatic hydroxyl groups is 3. The Labute approximate surface area is 227 Å². The number of carboxylic acid groups (broad SMARTS) is 1. The van der Waals surface area contributed by atoms with Gasteiger partial charge in [0.2, 0.25) is 0 Å². The molecule has 4 rings (SSSR count). The van der Waals surface area contributed by atoms with Gasteiger partial charge in [-0.2, -0.15) is 0 Å². The van der Waals surface area contributed by atoms with Gasteiger partial charge in [-0.1, -0.05) is 29.8 Å². The van der Waals surface area contributed by atoms with Crippen LogP contribution in [-0.2, 0) is 9.47 Å². The molecule has 5 N–H and O–H groups in total. The molecule has 3 aromatic rings. The van der Waals surface area contributed by atoms with E-state index in [1.54, 1.807) is 25.1 Å². The number of ether oxygens (including phenoxy) is 3. The Morgan fingerprint density at radius 3 is 2.51 bits per heavy atom. The largest absolute Gasteiger partial charge is 0.494 e. The molecule has 1 amide bonds. The summed E-state index contributed by atoms with van der Waals surface area (Å²) in [7, 11) is 0. The molecule has 1 fully saturated rings. The van der Waals surface area contributed by atoms with E-state index in [2.05, 4.69) is 5.32 Å². The topological polar surface area (TPSA) is 141 Å². The second kappa shape index (κ2) is 13.2. The molecule has 10 heteroatoms. The number of aliphatic hydroxyl groups excluding tert-OH is 3. The molecule has 5 atom stereocenters. The van der Waals surface area contributed by atoms with Gasteiger partial charge in [-0.05, 0) is 74.0 Å². The summed E-state index contributed by atoms with van der Waals surface area (Å²) in [6.45, 7) is 4.80. The van der Waals surface area contributed by atoms with Crippen molar-refractivity contribution < 1.29 is 39.4 Å². The van der Waals surface area contributed by atoms with Crippen molar-refractivity contribution in [1.29, 1.82) is 0 Å². The summed E-state index contributed by atoms with van der Waals surface area (Å²) in [4.78, 5) is 13.2. The number of fused-ring (bicyclic) bond motifs is 1. The standard InChI is InChI=1S/C29H36N2O8/c1-18-4-8-22(9-5-18)31(29(35)36)23-10-6-21-15-24(11-7-20(21)14-23)37-13-3-12-30-16-25(32)27(34)28-26(33)17-38-19(2)39-28/h4-11,14-15,19,25-28,30,32-34H,3,12-13,16-17H2,1-2H3,(H,35,36)/t19?,25-,26+,27+,28+/m0/s1. The normalized spacial score (nSPS) is 20.9. The van der Waals surface area contributed by atoms with Crippen LogP contribution in [0.3, 0.4) is 0 Å². The van der Waals surface area contributed by atoms with E-state index < -0.39 is 36.8 Å². The van der Waals surface area contributed by atoms with Gasteiger partial charge >= 0.3 is 6.09 Å². The number of benzene rings is 3. The molecule has 1 saturated heterocycles. The monoisotopic (exact) mass is 540 g/mol. The Morgan fingerprint density at radius 1 is 1.08 bits per heavy atom. The molecule has 0 saturated carbocycles. The smallest absolute Gasteiger partial charge is 0.416 e. The molecule has 0 bridgehead atoms. The fourth-order valence-corrected chi connectivity index (χ4v) is 4.47. The van der Waals surface area contributed by atoms with Gasteiger partial charge in [0.1, 0.15) is 24.1 Å². The van der Waals surface area contributed by atoms with Crippen LogP contribution in [-0.4, -0.2) is 83.5 Å². The lowest BCUT2D eigenvalue weighted by atomic mass is 10.0. The van der Waals surface area contributed by atoms with E-state index in [0.29, 0.717) is 36.7 Å². The zero-order valence-corrected chi connectivity index (χ0v) is 22.1. The van der Waals surface area contributed by atoms with Gasteiger partial charge in [-0.15, -0.1) is 0 Å². The molecule has 1 aliphatic rings. The average molecular weight is 541 g/mol. The Kier molecular flexibility index (Phi) is 9.73. The van der Waals surface area contributed by atoms with Crippen LogP contribution in [0.25, 0.3) is 10.8 Å². The van der Waals surface area contributed by atoms with E-state index >= 15 is 0 Å². The third-order valence-corrected chi connectivity index (χ3v) is 6.62. The van der Waals surface area contributed by atoms with Crippen LogP contribution in [0.5, 0.6) is 5.75 Å². The lowest BCUT2D eigenvalue weighted by Gasteiger charge is -2.36. The van der Waals surface area contributed by atoms with Gasteiger partial charge in [0.25, 0.3) is 0 Å². The van der Waals surface area contributed by atoms with Gasteiger partial charge in [0, 0.05) is 6.54 Å². The first-order valence-electron chi connectivity index (χ1n) is 13.0. The summed E-state index contributed by atoms with van der Waals surface area (Å²) >= 11 is 0. The molecule has 1 aliphatic heterocycles. The van der Waals surface area contributed by atoms with Gasteiger partial charge < -0.3 is 40.0 Å². The van der Waals surface area contributed by atoms with Gasteiger partial charge in [0.15, 0.2) is 6.29 Å². The highest BCUT2D eigenvalue weighted by atomic mass is 16.7. The highest BCUT2D eigenvalue weighted by Gasteiger charge is 2.37. The van der Waals surface area contributed by atoms with E-state index in [0.717, 1.165) is 16.3 Å². The molecule has 39 heavy (non-hydrogen) atoms. The van der Waals surface area contributed by atoms with Gasteiger partial charge in [-0.3, -0.25) is 0 Å². The number of hydrogen-bond acceptors (Lipinski definition) is 8. The number of amides is 1. The minimum absolute atomic E-state index is 0.0462. The average Bonchev–Trinajstić information content (AvgIpc) is 2.92. The van der Waals surface area contributed by atoms with E-state index in [1.165, 1.54) is 4.90 Å². The van der Waals surface area contributed by atoms with Crippen LogP contribution in [0.4, 0.5) is 16.2 Å². The van der Waals surface area contributed by atoms with Crippen molar-refractivity contribution in [2.24, 2.45) is 0 Å². The lowest BCUT2D eigenvalue weighted by Crippen LogP contribution is -2.54. The minimum atomic E-state index is -1.24. The molecule has 210 valence electrons. The molecule has 0 spiro atoms. The second-order valence-corrected chi connectivity index (χ2v) is 9.68. The number of nitrogens with zero attached hydrogens (tertiary/aromatic N) is 1. The molecule has 1 heterocycles. The van der Waals surface area contributed by atoms with Crippen molar-refractivity contribution in [2.45, 2.75) is 51.0 Å². The summed E-state index contributed by atoms with van der Waals surface area (Å²) in [5.41, 5.74) is 2.18. The first-order chi connectivity index (χ1) is 18.7. The summed E-state index contributed by atoms with van der Waals surface area (Å²) in [6.07, 6.45) is -5.21. The van der Waals surface area contributed by atoms with Crippen molar-refractivity contribution in [1.82, 2.24) is 5.32 Å². The fraction of sp³-hybridized carbons (Fsp3) is 0.414.